The molecule has 3 nitrogen and oxygen atoms in total. The molecule has 0 radical (unpaired) electrons. The summed E-state index contributed by atoms with van der Waals surface area (Å²) in [7, 11) is 1.97. The summed E-state index contributed by atoms with van der Waals surface area (Å²) in [4.78, 5) is 14.9. The SMILES string of the molecule is Cc1ccccc1C1(C(=O)N(C)C2CCNC2)CC1. The molecule has 3 rings (SSSR count). The molecule has 3 heteroatoms. The number of nitrogens with zero attached hydrogens (tertiary/aromatic N) is 1. The standard InChI is InChI=1S/C16H22N2O/c1-12-5-3-4-6-14(12)16(8-9-16)15(19)18(2)13-7-10-17-11-13/h3-6,13,17H,7-11H2,1-2H3. The van der Waals surface area contributed by atoms with Crippen molar-refractivity contribution in [2.45, 2.75) is 37.6 Å². The van der Waals surface area contributed by atoms with E-state index < -0.39 is 0 Å². The van der Waals surface area contributed by atoms with Crippen molar-refractivity contribution in [3.63, 3.8) is 0 Å². The van der Waals surface area contributed by atoms with Gasteiger partial charge < -0.3 is 10.2 Å². The summed E-state index contributed by atoms with van der Waals surface area (Å²) >= 11 is 0. The molecule has 1 aliphatic carbocycles. The van der Waals surface area contributed by atoms with Crippen LogP contribution in [-0.4, -0.2) is 37.0 Å². The van der Waals surface area contributed by atoms with Gasteiger partial charge in [0.2, 0.25) is 5.91 Å². The van der Waals surface area contributed by atoms with Gasteiger partial charge in [-0.05, 0) is 43.9 Å². The van der Waals surface area contributed by atoms with Crippen LogP contribution in [0.5, 0.6) is 0 Å². The zero-order chi connectivity index (χ0) is 13.5. The highest BCUT2D eigenvalue weighted by atomic mass is 16.2. The molecule has 1 aromatic carbocycles. The summed E-state index contributed by atoms with van der Waals surface area (Å²) in [6.45, 7) is 4.07. The van der Waals surface area contributed by atoms with E-state index in [9.17, 15) is 4.79 Å². The van der Waals surface area contributed by atoms with Crippen molar-refractivity contribution in [1.29, 1.82) is 0 Å². The molecule has 19 heavy (non-hydrogen) atoms. The van der Waals surface area contributed by atoms with Crippen molar-refractivity contribution >= 4 is 5.91 Å². The molecule has 2 fully saturated rings. The Morgan fingerprint density at radius 2 is 2.11 bits per heavy atom. The molecule has 1 aliphatic heterocycles. The maximum atomic E-state index is 12.9. The van der Waals surface area contributed by atoms with Crippen LogP contribution >= 0.6 is 0 Å². The number of hydrogen-bond donors (Lipinski definition) is 1. The monoisotopic (exact) mass is 258 g/mol. The minimum absolute atomic E-state index is 0.220. The van der Waals surface area contributed by atoms with Gasteiger partial charge in [-0.25, -0.2) is 0 Å². The van der Waals surface area contributed by atoms with Gasteiger partial charge in [0.25, 0.3) is 0 Å². The van der Waals surface area contributed by atoms with Crippen LogP contribution in [0.2, 0.25) is 0 Å². The molecule has 1 atom stereocenters. The topological polar surface area (TPSA) is 32.3 Å². The number of benzene rings is 1. The molecule has 1 aromatic rings. The van der Waals surface area contributed by atoms with E-state index in [4.69, 9.17) is 0 Å². The molecular formula is C16H22N2O. The summed E-state index contributed by atoms with van der Waals surface area (Å²) in [5, 5.41) is 3.34. The fraction of sp³-hybridized carbons (Fsp3) is 0.562. The van der Waals surface area contributed by atoms with Crippen LogP contribution in [-0.2, 0) is 10.2 Å². The van der Waals surface area contributed by atoms with E-state index in [2.05, 4.69) is 24.4 Å². The molecule has 1 unspecified atom stereocenters. The third-order valence-electron chi connectivity index (χ3n) is 4.72. The Balaban J connectivity index is 1.84. The zero-order valence-electron chi connectivity index (χ0n) is 11.8. The zero-order valence-corrected chi connectivity index (χ0v) is 11.8. The molecule has 1 N–H and O–H groups in total. The molecule has 0 aromatic heterocycles. The molecule has 0 bridgehead atoms. The normalized spacial score (nSPS) is 24.2. The van der Waals surface area contributed by atoms with Crippen molar-refractivity contribution in [1.82, 2.24) is 10.2 Å². The Morgan fingerprint density at radius 3 is 2.68 bits per heavy atom. The minimum Gasteiger partial charge on any atom is -0.341 e. The quantitative estimate of drug-likeness (QED) is 0.897. The second-order valence-corrected chi connectivity index (χ2v) is 5.96. The second-order valence-electron chi connectivity index (χ2n) is 5.96. The second kappa shape index (κ2) is 4.64. The van der Waals surface area contributed by atoms with Crippen molar-refractivity contribution in [3.8, 4) is 0 Å². The molecule has 0 spiro atoms. The molecule has 1 saturated carbocycles. The summed E-state index contributed by atoms with van der Waals surface area (Å²) in [6, 6.07) is 8.70. The highest BCUT2D eigenvalue weighted by Gasteiger charge is 2.53. The fourth-order valence-corrected chi connectivity index (χ4v) is 3.31. The van der Waals surface area contributed by atoms with Gasteiger partial charge in [0.1, 0.15) is 0 Å². The van der Waals surface area contributed by atoms with E-state index in [1.54, 1.807) is 0 Å². The smallest absolute Gasteiger partial charge is 0.233 e. The van der Waals surface area contributed by atoms with Gasteiger partial charge in [-0.1, -0.05) is 24.3 Å². The lowest BCUT2D eigenvalue weighted by Crippen LogP contribution is -2.44. The van der Waals surface area contributed by atoms with Gasteiger partial charge in [0.05, 0.1) is 5.41 Å². The van der Waals surface area contributed by atoms with E-state index in [-0.39, 0.29) is 5.41 Å². The first-order valence-electron chi connectivity index (χ1n) is 7.19. The lowest BCUT2D eigenvalue weighted by atomic mass is 9.90. The minimum atomic E-state index is -0.220. The molecule has 1 heterocycles. The predicted octanol–water partition coefficient (Wildman–Crippen LogP) is 1.85. The number of aryl methyl sites for hydroxylation is 1. The van der Waals surface area contributed by atoms with Crippen LogP contribution in [0, 0.1) is 6.92 Å². The van der Waals surface area contributed by atoms with E-state index in [0.29, 0.717) is 11.9 Å². The lowest BCUT2D eigenvalue weighted by Gasteiger charge is -2.29. The summed E-state index contributed by atoms with van der Waals surface area (Å²) in [5.74, 6) is 0.315. The van der Waals surface area contributed by atoms with Crippen molar-refractivity contribution in [3.05, 3.63) is 35.4 Å². The Kier molecular flexibility index (Phi) is 3.09. The highest BCUT2D eigenvalue weighted by molar-refractivity contribution is 5.91. The number of nitrogens with one attached hydrogen (secondary N) is 1. The Hall–Kier alpha value is -1.35. The number of likely N-dealkylation sites (N-methyl/N-ethyl adjacent to an activating group) is 1. The summed E-state index contributed by atoms with van der Waals surface area (Å²) in [6.07, 6.45) is 3.08. The van der Waals surface area contributed by atoms with E-state index >= 15 is 0 Å². The number of carbonyl (C=O) groups excluding carboxylic acids is 1. The predicted molar refractivity (Wildman–Crippen MR) is 76.1 cm³/mol. The Bertz CT molecular complexity index is 487. The molecule has 1 saturated heterocycles. The van der Waals surface area contributed by atoms with Crippen molar-refractivity contribution < 1.29 is 4.79 Å². The van der Waals surface area contributed by atoms with Crippen LogP contribution in [0.3, 0.4) is 0 Å². The van der Waals surface area contributed by atoms with Crippen LogP contribution in [0.15, 0.2) is 24.3 Å². The van der Waals surface area contributed by atoms with Crippen LogP contribution in [0.4, 0.5) is 0 Å². The van der Waals surface area contributed by atoms with E-state index in [0.717, 1.165) is 32.4 Å². The third kappa shape index (κ3) is 2.06. The number of rotatable bonds is 3. The van der Waals surface area contributed by atoms with Gasteiger partial charge in [0.15, 0.2) is 0 Å². The lowest BCUT2D eigenvalue weighted by molar-refractivity contribution is -0.134. The Morgan fingerprint density at radius 1 is 1.37 bits per heavy atom. The summed E-state index contributed by atoms with van der Waals surface area (Å²) < 4.78 is 0. The van der Waals surface area contributed by atoms with Crippen molar-refractivity contribution in [2.75, 3.05) is 20.1 Å². The van der Waals surface area contributed by atoms with Crippen LogP contribution in [0.1, 0.15) is 30.4 Å². The number of hydrogen-bond acceptors (Lipinski definition) is 2. The first kappa shape index (κ1) is 12.7. The largest absolute Gasteiger partial charge is 0.341 e. The average Bonchev–Trinajstić information content (AvgIpc) is 3.04. The van der Waals surface area contributed by atoms with E-state index in [1.807, 2.05) is 24.1 Å². The first-order valence-corrected chi connectivity index (χ1v) is 7.19. The van der Waals surface area contributed by atoms with Crippen LogP contribution < -0.4 is 5.32 Å². The molecular weight excluding hydrogens is 236 g/mol. The highest BCUT2D eigenvalue weighted by Crippen LogP contribution is 2.50. The van der Waals surface area contributed by atoms with Crippen LogP contribution in [0.25, 0.3) is 0 Å². The van der Waals surface area contributed by atoms with Gasteiger partial charge >= 0.3 is 0 Å². The Labute approximate surface area is 115 Å². The number of carbonyl (C=O) groups is 1. The van der Waals surface area contributed by atoms with Gasteiger partial charge in [0, 0.05) is 19.6 Å². The van der Waals surface area contributed by atoms with Gasteiger partial charge in [-0.3, -0.25) is 4.79 Å². The summed E-state index contributed by atoms with van der Waals surface area (Å²) in [5.41, 5.74) is 2.26. The van der Waals surface area contributed by atoms with Gasteiger partial charge in [-0.2, -0.15) is 0 Å². The average molecular weight is 258 g/mol. The van der Waals surface area contributed by atoms with Crippen molar-refractivity contribution in [2.24, 2.45) is 0 Å². The molecule has 102 valence electrons. The first-order chi connectivity index (χ1) is 9.15. The molecule has 2 aliphatic rings. The van der Waals surface area contributed by atoms with E-state index in [1.165, 1.54) is 11.1 Å². The third-order valence-corrected chi connectivity index (χ3v) is 4.72. The maximum absolute atomic E-state index is 12.9. The molecule has 1 amide bonds. The fourth-order valence-electron chi connectivity index (χ4n) is 3.31. The van der Waals surface area contributed by atoms with Gasteiger partial charge in [-0.15, -0.1) is 0 Å². The number of amides is 1. The maximum Gasteiger partial charge on any atom is 0.233 e.